The molecule has 0 aromatic carbocycles. The molecule has 90 valence electrons. The second kappa shape index (κ2) is 5.44. The summed E-state index contributed by atoms with van der Waals surface area (Å²) < 4.78 is 0. The van der Waals surface area contributed by atoms with E-state index < -0.39 is 0 Å². The Hall–Kier alpha value is -1.89. The van der Waals surface area contributed by atoms with Gasteiger partial charge in [-0.1, -0.05) is 11.3 Å². The molecule has 0 aliphatic rings. The molecule has 0 unspecified atom stereocenters. The minimum absolute atomic E-state index is 0.0470. The van der Waals surface area contributed by atoms with E-state index in [9.17, 15) is 4.79 Å². The Balaban J connectivity index is 1.98. The molecule has 2 heterocycles. The normalized spacial score (nSPS) is 10.2. The number of hydrogen-bond acceptors (Lipinski definition) is 6. The maximum Gasteiger partial charge on any atom is 0.304 e. The molecule has 0 bridgehead atoms. The van der Waals surface area contributed by atoms with Gasteiger partial charge in [-0.25, -0.2) is 4.98 Å². The average Bonchev–Trinajstić information content (AvgIpc) is 2.74. The van der Waals surface area contributed by atoms with Gasteiger partial charge in [-0.15, -0.1) is 0 Å². The smallest absolute Gasteiger partial charge is 0.304 e. The second-order valence-corrected chi connectivity index (χ2v) is 4.19. The lowest BCUT2D eigenvalue weighted by atomic mass is 10.5. The number of H-pyrrole nitrogens is 1. The molecule has 2 aromatic rings. The van der Waals surface area contributed by atoms with Gasteiger partial charge in [-0.05, 0) is 6.92 Å². The van der Waals surface area contributed by atoms with Crippen molar-refractivity contribution < 1.29 is 0 Å². The van der Waals surface area contributed by atoms with E-state index in [0.29, 0.717) is 12.4 Å². The molecule has 0 atom stereocenters. The Bertz CT molecular complexity index is 535. The molecule has 0 saturated carbocycles. The molecule has 2 aromatic heterocycles. The van der Waals surface area contributed by atoms with Gasteiger partial charge in [0.25, 0.3) is 0 Å². The summed E-state index contributed by atoms with van der Waals surface area (Å²) in [5.41, 5.74) is 0.843. The van der Waals surface area contributed by atoms with E-state index in [1.807, 2.05) is 6.92 Å². The zero-order valence-corrected chi connectivity index (χ0v) is 10.2. The van der Waals surface area contributed by atoms with Crippen molar-refractivity contribution in [2.75, 3.05) is 17.2 Å². The fraction of sp³-hybridized carbons (Fsp3) is 0.300. The first-order chi connectivity index (χ1) is 8.28. The van der Waals surface area contributed by atoms with Crippen molar-refractivity contribution in [1.82, 2.24) is 15.0 Å². The van der Waals surface area contributed by atoms with Gasteiger partial charge >= 0.3 is 4.87 Å². The van der Waals surface area contributed by atoms with Crippen LogP contribution in [-0.2, 0) is 6.54 Å². The highest BCUT2D eigenvalue weighted by molar-refractivity contribution is 7.07. The van der Waals surface area contributed by atoms with Crippen molar-refractivity contribution >= 4 is 23.0 Å². The van der Waals surface area contributed by atoms with E-state index in [1.54, 1.807) is 17.8 Å². The summed E-state index contributed by atoms with van der Waals surface area (Å²) in [6.07, 6.45) is 3.31. The Labute approximate surface area is 102 Å². The molecule has 0 saturated heterocycles. The van der Waals surface area contributed by atoms with Crippen LogP contribution in [0.4, 0.5) is 11.6 Å². The average molecular weight is 251 g/mol. The third kappa shape index (κ3) is 3.28. The van der Waals surface area contributed by atoms with Gasteiger partial charge in [0.05, 0.1) is 18.9 Å². The molecule has 17 heavy (non-hydrogen) atoms. The summed E-state index contributed by atoms with van der Waals surface area (Å²) >= 11 is 1.15. The van der Waals surface area contributed by atoms with Crippen LogP contribution in [0.3, 0.4) is 0 Å². The van der Waals surface area contributed by atoms with E-state index in [-0.39, 0.29) is 4.87 Å². The summed E-state index contributed by atoms with van der Waals surface area (Å²) in [4.78, 5) is 22.0. The SMILES string of the molecule is CCNc1cncc(NCc2csc(=O)[nH]2)n1. The fourth-order valence-corrected chi connectivity index (χ4v) is 1.89. The monoisotopic (exact) mass is 251 g/mol. The molecule has 2 rings (SSSR count). The van der Waals surface area contributed by atoms with E-state index in [4.69, 9.17) is 0 Å². The minimum Gasteiger partial charge on any atom is -0.369 e. The number of aromatic amines is 1. The maximum absolute atomic E-state index is 10.9. The van der Waals surface area contributed by atoms with Crippen molar-refractivity contribution in [3.63, 3.8) is 0 Å². The van der Waals surface area contributed by atoms with Crippen molar-refractivity contribution in [3.8, 4) is 0 Å². The van der Waals surface area contributed by atoms with E-state index in [0.717, 1.165) is 29.4 Å². The zero-order chi connectivity index (χ0) is 12.1. The molecule has 0 aliphatic heterocycles. The van der Waals surface area contributed by atoms with Crippen LogP contribution in [0.5, 0.6) is 0 Å². The lowest BCUT2D eigenvalue weighted by Crippen LogP contribution is -2.06. The van der Waals surface area contributed by atoms with E-state index in [2.05, 4.69) is 25.6 Å². The van der Waals surface area contributed by atoms with Gasteiger partial charge in [0.2, 0.25) is 0 Å². The molecular formula is C10H13N5OS. The van der Waals surface area contributed by atoms with Gasteiger partial charge in [0.1, 0.15) is 11.6 Å². The van der Waals surface area contributed by atoms with Crippen molar-refractivity contribution in [1.29, 1.82) is 0 Å². The Kier molecular flexibility index (Phi) is 3.71. The predicted octanol–water partition coefficient (Wildman–Crippen LogP) is 1.27. The van der Waals surface area contributed by atoms with Gasteiger partial charge in [0.15, 0.2) is 0 Å². The highest BCUT2D eigenvalue weighted by Gasteiger charge is 1.99. The highest BCUT2D eigenvalue weighted by Crippen LogP contribution is 2.07. The Morgan fingerprint density at radius 1 is 1.35 bits per heavy atom. The van der Waals surface area contributed by atoms with Gasteiger partial charge < -0.3 is 15.6 Å². The van der Waals surface area contributed by atoms with Gasteiger partial charge in [-0.3, -0.25) is 9.78 Å². The van der Waals surface area contributed by atoms with Crippen LogP contribution in [0.25, 0.3) is 0 Å². The zero-order valence-electron chi connectivity index (χ0n) is 9.36. The third-order valence-electron chi connectivity index (χ3n) is 2.02. The van der Waals surface area contributed by atoms with Crippen LogP contribution in [0.15, 0.2) is 22.6 Å². The predicted molar refractivity (Wildman–Crippen MR) is 68.5 cm³/mol. The second-order valence-electron chi connectivity index (χ2n) is 3.35. The van der Waals surface area contributed by atoms with Crippen molar-refractivity contribution in [2.24, 2.45) is 0 Å². The number of thiazole rings is 1. The molecule has 0 spiro atoms. The van der Waals surface area contributed by atoms with Crippen molar-refractivity contribution in [2.45, 2.75) is 13.5 Å². The van der Waals surface area contributed by atoms with Crippen LogP contribution < -0.4 is 15.5 Å². The first-order valence-electron chi connectivity index (χ1n) is 5.24. The largest absolute Gasteiger partial charge is 0.369 e. The first kappa shape index (κ1) is 11.6. The van der Waals surface area contributed by atoms with Crippen LogP contribution >= 0.6 is 11.3 Å². The third-order valence-corrected chi connectivity index (χ3v) is 2.74. The van der Waals surface area contributed by atoms with E-state index in [1.165, 1.54) is 0 Å². The molecular weight excluding hydrogens is 238 g/mol. The van der Waals surface area contributed by atoms with Crippen LogP contribution in [0, 0.1) is 0 Å². The topological polar surface area (TPSA) is 82.7 Å². The number of aromatic nitrogens is 3. The molecule has 0 aliphatic carbocycles. The Morgan fingerprint density at radius 2 is 2.12 bits per heavy atom. The molecule has 3 N–H and O–H groups in total. The van der Waals surface area contributed by atoms with Gasteiger partial charge in [-0.2, -0.15) is 0 Å². The maximum atomic E-state index is 10.9. The summed E-state index contributed by atoms with van der Waals surface area (Å²) in [6.45, 7) is 3.33. The van der Waals surface area contributed by atoms with E-state index >= 15 is 0 Å². The Morgan fingerprint density at radius 3 is 2.76 bits per heavy atom. The lowest BCUT2D eigenvalue weighted by molar-refractivity contribution is 1.03. The standard InChI is InChI=1S/C10H13N5OS/c1-2-12-8-4-11-5-9(15-8)13-3-7-6-17-10(16)14-7/h4-6H,2-3H2,1H3,(H,14,16)(H2,12,13,15). The number of rotatable bonds is 5. The summed E-state index contributed by atoms with van der Waals surface area (Å²) in [5, 5.41) is 7.97. The van der Waals surface area contributed by atoms with Crippen LogP contribution in [-0.4, -0.2) is 21.5 Å². The minimum atomic E-state index is -0.0470. The highest BCUT2D eigenvalue weighted by atomic mass is 32.1. The van der Waals surface area contributed by atoms with Crippen LogP contribution in [0.1, 0.15) is 12.6 Å². The summed E-state index contributed by atoms with van der Waals surface area (Å²) in [5.74, 6) is 1.41. The summed E-state index contributed by atoms with van der Waals surface area (Å²) in [7, 11) is 0. The lowest BCUT2D eigenvalue weighted by Gasteiger charge is -2.06. The number of anilines is 2. The number of nitrogens with one attached hydrogen (secondary N) is 3. The van der Waals surface area contributed by atoms with Crippen molar-refractivity contribution in [3.05, 3.63) is 33.1 Å². The first-order valence-corrected chi connectivity index (χ1v) is 6.12. The summed E-state index contributed by atoms with van der Waals surface area (Å²) in [6, 6.07) is 0. The quantitative estimate of drug-likeness (QED) is 0.745. The molecule has 0 fully saturated rings. The van der Waals surface area contributed by atoms with Crippen LogP contribution in [0.2, 0.25) is 0 Å². The van der Waals surface area contributed by atoms with Gasteiger partial charge in [0, 0.05) is 17.6 Å². The number of hydrogen-bond donors (Lipinski definition) is 3. The fourth-order valence-electron chi connectivity index (χ4n) is 1.30. The molecule has 7 heteroatoms. The molecule has 6 nitrogen and oxygen atoms in total. The molecule has 0 radical (unpaired) electrons. The molecule has 0 amide bonds. The number of nitrogens with zero attached hydrogens (tertiary/aromatic N) is 2.